The normalized spacial score (nSPS) is 10.2. The van der Waals surface area contributed by atoms with Gasteiger partial charge >= 0.3 is 0 Å². The third kappa shape index (κ3) is 2.54. The van der Waals surface area contributed by atoms with Crippen molar-refractivity contribution in [2.45, 2.75) is 40.0 Å². The van der Waals surface area contributed by atoms with Gasteiger partial charge < -0.3 is 11.1 Å². The molecule has 1 rings (SSSR count). The summed E-state index contributed by atoms with van der Waals surface area (Å²) in [7, 11) is 0. The highest BCUT2D eigenvalue weighted by Gasteiger charge is 2.11. The average molecular weight is 220 g/mol. The number of benzene rings is 1. The molecule has 3 heteroatoms. The van der Waals surface area contributed by atoms with Gasteiger partial charge in [-0.05, 0) is 30.0 Å². The molecule has 0 aliphatic carbocycles. The van der Waals surface area contributed by atoms with Crippen molar-refractivity contribution in [1.82, 2.24) is 0 Å². The molecule has 0 unspecified atom stereocenters. The number of amides is 1. The second-order valence-electron chi connectivity index (χ2n) is 3.78. The molecule has 0 spiro atoms. The van der Waals surface area contributed by atoms with E-state index in [1.165, 1.54) is 0 Å². The van der Waals surface area contributed by atoms with Crippen molar-refractivity contribution < 1.29 is 4.79 Å². The Bertz CT molecular complexity index is 386. The number of aryl methyl sites for hydroxylation is 1. The molecular formula is C13H20N2O. The fourth-order valence-electron chi connectivity index (χ4n) is 1.77. The molecule has 16 heavy (non-hydrogen) atoms. The maximum Gasteiger partial charge on any atom is 0.224 e. The highest BCUT2D eigenvalue weighted by Crippen LogP contribution is 2.27. The van der Waals surface area contributed by atoms with Gasteiger partial charge in [0.2, 0.25) is 5.91 Å². The molecule has 88 valence electrons. The topological polar surface area (TPSA) is 55.1 Å². The zero-order valence-electron chi connectivity index (χ0n) is 10.3. The van der Waals surface area contributed by atoms with Gasteiger partial charge in [0.1, 0.15) is 0 Å². The van der Waals surface area contributed by atoms with Gasteiger partial charge in [-0.25, -0.2) is 0 Å². The van der Waals surface area contributed by atoms with Gasteiger partial charge in [0, 0.05) is 17.8 Å². The molecule has 0 atom stereocenters. The molecule has 0 radical (unpaired) electrons. The quantitative estimate of drug-likeness (QED) is 0.766. The first-order valence-electron chi connectivity index (χ1n) is 5.84. The van der Waals surface area contributed by atoms with Gasteiger partial charge in [0.05, 0.1) is 0 Å². The van der Waals surface area contributed by atoms with E-state index in [0.29, 0.717) is 6.42 Å². The van der Waals surface area contributed by atoms with E-state index >= 15 is 0 Å². The Hall–Kier alpha value is -1.51. The van der Waals surface area contributed by atoms with Crippen LogP contribution in [0.25, 0.3) is 0 Å². The summed E-state index contributed by atoms with van der Waals surface area (Å²) in [6.45, 7) is 5.97. The molecule has 0 fully saturated rings. The molecule has 0 aliphatic heterocycles. The number of hydrogen-bond donors (Lipinski definition) is 2. The summed E-state index contributed by atoms with van der Waals surface area (Å²) in [6, 6.07) is 3.90. The molecular weight excluding hydrogens is 200 g/mol. The van der Waals surface area contributed by atoms with Crippen LogP contribution in [-0.2, 0) is 17.6 Å². The lowest BCUT2D eigenvalue weighted by atomic mass is 10.0. The van der Waals surface area contributed by atoms with E-state index in [0.717, 1.165) is 35.3 Å². The van der Waals surface area contributed by atoms with Gasteiger partial charge in [0.25, 0.3) is 0 Å². The Morgan fingerprint density at radius 1 is 1.25 bits per heavy atom. The van der Waals surface area contributed by atoms with Gasteiger partial charge in [-0.15, -0.1) is 0 Å². The van der Waals surface area contributed by atoms with Crippen molar-refractivity contribution in [1.29, 1.82) is 0 Å². The third-order valence-electron chi connectivity index (χ3n) is 2.76. The number of carbonyl (C=O) groups excluding carboxylic acids is 1. The lowest BCUT2D eigenvalue weighted by molar-refractivity contribution is -0.115. The molecule has 0 bridgehead atoms. The smallest absolute Gasteiger partial charge is 0.224 e. The van der Waals surface area contributed by atoms with Crippen LogP contribution in [0, 0.1) is 0 Å². The van der Waals surface area contributed by atoms with Crippen LogP contribution in [0.2, 0.25) is 0 Å². The fraction of sp³-hybridized carbons (Fsp3) is 0.462. The SMILES string of the molecule is CCC(=O)Nc1c(CC)ccc(N)c1CC. The number of rotatable bonds is 4. The zero-order valence-corrected chi connectivity index (χ0v) is 10.3. The van der Waals surface area contributed by atoms with Crippen LogP contribution in [0.4, 0.5) is 11.4 Å². The summed E-state index contributed by atoms with van der Waals surface area (Å²) in [5.41, 5.74) is 9.78. The molecule has 0 saturated heterocycles. The Morgan fingerprint density at radius 3 is 2.44 bits per heavy atom. The van der Waals surface area contributed by atoms with E-state index in [4.69, 9.17) is 5.73 Å². The van der Waals surface area contributed by atoms with Crippen molar-refractivity contribution in [2.24, 2.45) is 0 Å². The molecule has 1 aromatic rings. The monoisotopic (exact) mass is 220 g/mol. The highest BCUT2D eigenvalue weighted by atomic mass is 16.1. The number of hydrogen-bond acceptors (Lipinski definition) is 2. The van der Waals surface area contributed by atoms with Gasteiger partial charge in [-0.1, -0.05) is 26.8 Å². The average Bonchev–Trinajstić information content (AvgIpc) is 2.29. The lowest BCUT2D eigenvalue weighted by Crippen LogP contribution is -2.14. The van der Waals surface area contributed by atoms with Crippen LogP contribution in [0.1, 0.15) is 38.3 Å². The molecule has 0 aliphatic rings. The minimum absolute atomic E-state index is 0.0370. The molecule has 0 aromatic heterocycles. The summed E-state index contributed by atoms with van der Waals surface area (Å²) in [4.78, 5) is 11.5. The number of carbonyl (C=O) groups is 1. The predicted molar refractivity (Wildman–Crippen MR) is 68.5 cm³/mol. The van der Waals surface area contributed by atoms with E-state index in [1.807, 2.05) is 26.0 Å². The standard InChI is InChI=1S/C13H20N2O/c1-4-9-7-8-11(14)10(5-2)13(9)15-12(16)6-3/h7-8H,4-6,14H2,1-3H3,(H,15,16). The van der Waals surface area contributed by atoms with Gasteiger partial charge in [-0.3, -0.25) is 4.79 Å². The first kappa shape index (κ1) is 12.6. The number of nitrogens with one attached hydrogen (secondary N) is 1. The maximum atomic E-state index is 11.5. The molecule has 3 nitrogen and oxygen atoms in total. The van der Waals surface area contributed by atoms with Gasteiger partial charge in [-0.2, -0.15) is 0 Å². The largest absolute Gasteiger partial charge is 0.398 e. The first-order chi connectivity index (χ1) is 7.63. The summed E-state index contributed by atoms with van der Waals surface area (Å²) in [6.07, 6.45) is 2.21. The van der Waals surface area contributed by atoms with E-state index < -0.39 is 0 Å². The molecule has 0 saturated carbocycles. The van der Waals surface area contributed by atoms with E-state index in [-0.39, 0.29) is 5.91 Å². The van der Waals surface area contributed by atoms with E-state index in [9.17, 15) is 4.79 Å². The molecule has 0 heterocycles. The van der Waals surface area contributed by atoms with Crippen molar-refractivity contribution >= 4 is 17.3 Å². The summed E-state index contributed by atoms with van der Waals surface area (Å²) in [5, 5.41) is 2.95. The minimum Gasteiger partial charge on any atom is -0.398 e. The van der Waals surface area contributed by atoms with Crippen LogP contribution in [0.3, 0.4) is 0 Å². The summed E-state index contributed by atoms with van der Waals surface area (Å²) < 4.78 is 0. The van der Waals surface area contributed by atoms with Gasteiger partial charge in [0.15, 0.2) is 0 Å². The zero-order chi connectivity index (χ0) is 12.1. The Balaban J connectivity index is 3.19. The van der Waals surface area contributed by atoms with Crippen LogP contribution in [0.5, 0.6) is 0 Å². The van der Waals surface area contributed by atoms with Crippen LogP contribution in [-0.4, -0.2) is 5.91 Å². The third-order valence-corrected chi connectivity index (χ3v) is 2.76. The predicted octanol–water partition coefficient (Wildman–Crippen LogP) is 2.74. The lowest BCUT2D eigenvalue weighted by Gasteiger charge is -2.16. The second kappa shape index (κ2) is 5.54. The Morgan fingerprint density at radius 2 is 1.94 bits per heavy atom. The molecule has 1 amide bonds. The molecule has 1 aromatic carbocycles. The summed E-state index contributed by atoms with van der Waals surface area (Å²) >= 11 is 0. The second-order valence-corrected chi connectivity index (χ2v) is 3.78. The number of nitrogens with two attached hydrogens (primary N) is 1. The Labute approximate surface area is 97.0 Å². The summed E-state index contributed by atoms with van der Waals surface area (Å²) in [5.74, 6) is 0.0370. The van der Waals surface area contributed by atoms with E-state index in [2.05, 4.69) is 12.2 Å². The van der Waals surface area contributed by atoms with Crippen LogP contribution < -0.4 is 11.1 Å². The highest BCUT2D eigenvalue weighted by molar-refractivity contribution is 5.93. The van der Waals surface area contributed by atoms with Crippen molar-refractivity contribution in [2.75, 3.05) is 11.1 Å². The maximum absolute atomic E-state index is 11.5. The number of nitrogen functional groups attached to an aromatic ring is 1. The fourth-order valence-corrected chi connectivity index (χ4v) is 1.77. The van der Waals surface area contributed by atoms with Crippen LogP contribution >= 0.6 is 0 Å². The first-order valence-corrected chi connectivity index (χ1v) is 5.84. The van der Waals surface area contributed by atoms with Crippen molar-refractivity contribution in [3.05, 3.63) is 23.3 Å². The van der Waals surface area contributed by atoms with E-state index in [1.54, 1.807) is 0 Å². The van der Waals surface area contributed by atoms with Crippen LogP contribution in [0.15, 0.2) is 12.1 Å². The minimum atomic E-state index is 0.0370. The van der Waals surface area contributed by atoms with Crippen molar-refractivity contribution in [3.63, 3.8) is 0 Å². The number of anilines is 2. The van der Waals surface area contributed by atoms with Crippen molar-refractivity contribution in [3.8, 4) is 0 Å². The Kier molecular flexibility index (Phi) is 4.35. The molecule has 3 N–H and O–H groups in total.